The van der Waals surface area contributed by atoms with Crippen molar-refractivity contribution >= 4 is 23.6 Å². The second-order valence-electron chi connectivity index (χ2n) is 6.05. The standard InChI is InChI=1S/C17H23FN2O2S/c1-4-15(21)20-14(16(22)19-9-11(2)3)10-23-17(20)12-6-5-7-13(18)8-12/h5-8,11,14,17H,4,9-10H2,1-3H3,(H,19,22). The molecule has 1 heterocycles. The van der Waals surface area contributed by atoms with E-state index in [0.717, 1.165) is 5.56 Å². The van der Waals surface area contributed by atoms with E-state index in [4.69, 9.17) is 0 Å². The second kappa shape index (κ2) is 7.81. The molecule has 23 heavy (non-hydrogen) atoms. The van der Waals surface area contributed by atoms with Crippen molar-refractivity contribution in [2.24, 2.45) is 5.92 Å². The van der Waals surface area contributed by atoms with Crippen molar-refractivity contribution < 1.29 is 14.0 Å². The van der Waals surface area contributed by atoms with Gasteiger partial charge >= 0.3 is 0 Å². The van der Waals surface area contributed by atoms with Crippen LogP contribution in [0.1, 0.15) is 38.1 Å². The van der Waals surface area contributed by atoms with Crippen LogP contribution in [0.3, 0.4) is 0 Å². The van der Waals surface area contributed by atoms with Crippen molar-refractivity contribution in [3.8, 4) is 0 Å². The number of hydrogen-bond acceptors (Lipinski definition) is 3. The highest BCUT2D eigenvalue weighted by Gasteiger charge is 2.41. The summed E-state index contributed by atoms with van der Waals surface area (Å²) in [5.74, 6) is 0.319. The van der Waals surface area contributed by atoms with Gasteiger partial charge in [-0.25, -0.2) is 4.39 Å². The maximum absolute atomic E-state index is 13.5. The Bertz CT molecular complexity index is 579. The first kappa shape index (κ1) is 17.8. The Morgan fingerprint density at radius 2 is 2.17 bits per heavy atom. The molecule has 0 saturated carbocycles. The quantitative estimate of drug-likeness (QED) is 0.898. The summed E-state index contributed by atoms with van der Waals surface area (Å²) in [5, 5.41) is 2.58. The highest BCUT2D eigenvalue weighted by Crippen LogP contribution is 2.41. The fourth-order valence-corrected chi connectivity index (χ4v) is 3.98. The zero-order valence-electron chi connectivity index (χ0n) is 13.7. The SMILES string of the molecule is CCC(=O)N1C(C(=O)NCC(C)C)CSC1c1cccc(F)c1. The molecule has 0 aromatic heterocycles. The van der Waals surface area contributed by atoms with Gasteiger partial charge in [-0.2, -0.15) is 0 Å². The molecule has 1 N–H and O–H groups in total. The van der Waals surface area contributed by atoms with Crippen molar-refractivity contribution in [1.82, 2.24) is 10.2 Å². The monoisotopic (exact) mass is 338 g/mol. The van der Waals surface area contributed by atoms with Gasteiger partial charge in [-0.15, -0.1) is 11.8 Å². The highest BCUT2D eigenvalue weighted by molar-refractivity contribution is 7.99. The van der Waals surface area contributed by atoms with E-state index in [1.54, 1.807) is 24.0 Å². The molecule has 1 aliphatic heterocycles. The number of carbonyl (C=O) groups excluding carboxylic acids is 2. The first-order valence-electron chi connectivity index (χ1n) is 7.90. The zero-order valence-corrected chi connectivity index (χ0v) is 14.5. The van der Waals surface area contributed by atoms with Gasteiger partial charge in [-0.1, -0.05) is 32.9 Å². The number of amides is 2. The molecule has 0 aliphatic carbocycles. The molecule has 0 spiro atoms. The van der Waals surface area contributed by atoms with E-state index < -0.39 is 6.04 Å². The Labute approximate surface area is 140 Å². The third-order valence-corrected chi connectivity index (χ3v) is 5.04. The Morgan fingerprint density at radius 1 is 1.43 bits per heavy atom. The van der Waals surface area contributed by atoms with Crippen molar-refractivity contribution in [2.45, 2.75) is 38.6 Å². The van der Waals surface area contributed by atoms with Crippen LogP contribution in [-0.2, 0) is 9.59 Å². The Hall–Kier alpha value is -1.56. The Morgan fingerprint density at radius 3 is 2.78 bits per heavy atom. The van der Waals surface area contributed by atoms with Crippen molar-refractivity contribution in [3.05, 3.63) is 35.6 Å². The molecule has 1 aromatic carbocycles. The van der Waals surface area contributed by atoms with Gasteiger partial charge in [0.25, 0.3) is 0 Å². The lowest BCUT2D eigenvalue weighted by Gasteiger charge is -2.29. The van der Waals surface area contributed by atoms with Crippen LogP contribution >= 0.6 is 11.8 Å². The summed E-state index contributed by atoms with van der Waals surface area (Å²) in [5.41, 5.74) is 0.718. The first-order chi connectivity index (χ1) is 10.9. The molecule has 2 rings (SSSR count). The fourth-order valence-electron chi connectivity index (χ4n) is 2.54. The van der Waals surface area contributed by atoms with E-state index in [2.05, 4.69) is 5.32 Å². The van der Waals surface area contributed by atoms with Crippen LogP contribution in [-0.4, -0.2) is 35.1 Å². The normalized spacial score (nSPS) is 20.8. The van der Waals surface area contributed by atoms with Crippen LogP contribution in [0.2, 0.25) is 0 Å². The summed E-state index contributed by atoms with van der Waals surface area (Å²) >= 11 is 1.50. The van der Waals surface area contributed by atoms with Crippen molar-refractivity contribution in [2.75, 3.05) is 12.3 Å². The average molecular weight is 338 g/mol. The van der Waals surface area contributed by atoms with Gasteiger partial charge in [0.05, 0.1) is 0 Å². The van der Waals surface area contributed by atoms with Crippen molar-refractivity contribution in [3.63, 3.8) is 0 Å². The molecule has 0 radical (unpaired) electrons. The molecule has 1 aliphatic rings. The minimum Gasteiger partial charge on any atom is -0.354 e. The molecule has 4 nitrogen and oxygen atoms in total. The molecule has 2 atom stereocenters. The highest BCUT2D eigenvalue weighted by atomic mass is 32.2. The minimum atomic E-state index is -0.500. The van der Waals surface area contributed by atoms with E-state index in [9.17, 15) is 14.0 Å². The minimum absolute atomic E-state index is 0.0889. The number of nitrogens with one attached hydrogen (secondary N) is 1. The van der Waals surface area contributed by atoms with Gasteiger partial charge in [0.1, 0.15) is 17.2 Å². The summed E-state index contributed by atoms with van der Waals surface area (Å²) in [6.07, 6.45) is 0.320. The Kier molecular flexibility index (Phi) is 6.04. The number of rotatable bonds is 5. The Balaban J connectivity index is 2.21. The maximum Gasteiger partial charge on any atom is 0.243 e. The summed E-state index contributed by atoms with van der Waals surface area (Å²) in [7, 11) is 0. The summed E-state index contributed by atoms with van der Waals surface area (Å²) in [6.45, 7) is 6.40. The summed E-state index contributed by atoms with van der Waals surface area (Å²) in [6, 6.07) is 5.74. The van der Waals surface area contributed by atoms with Crippen LogP contribution in [0.25, 0.3) is 0 Å². The molecular weight excluding hydrogens is 315 g/mol. The summed E-state index contributed by atoms with van der Waals surface area (Å²) in [4.78, 5) is 26.4. The number of carbonyl (C=O) groups is 2. The van der Waals surface area contributed by atoms with Crippen molar-refractivity contribution in [1.29, 1.82) is 0 Å². The van der Waals surface area contributed by atoms with Gasteiger partial charge < -0.3 is 10.2 Å². The van der Waals surface area contributed by atoms with Gasteiger partial charge in [0.2, 0.25) is 11.8 Å². The van der Waals surface area contributed by atoms with Crippen LogP contribution in [0.5, 0.6) is 0 Å². The molecule has 2 unspecified atom stereocenters. The fraction of sp³-hybridized carbons (Fsp3) is 0.529. The topological polar surface area (TPSA) is 49.4 Å². The maximum atomic E-state index is 13.5. The third kappa shape index (κ3) is 4.25. The number of thioether (sulfide) groups is 1. The van der Waals surface area contributed by atoms with E-state index in [1.807, 2.05) is 13.8 Å². The summed E-state index contributed by atoms with van der Waals surface area (Å²) < 4.78 is 13.5. The molecule has 126 valence electrons. The van der Waals surface area contributed by atoms with Gasteiger partial charge in [0.15, 0.2) is 0 Å². The lowest BCUT2D eigenvalue weighted by Crippen LogP contribution is -2.48. The second-order valence-corrected chi connectivity index (χ2v) is 7.16. The lowest BCUT2D eigenvalue weighted by molar-refractivity contribution is -0.139. The lowest BCUT2D eigenvalue weighted by atomic mass is 10.1. The number of nitrogens with zero attached hydrogens (tertiary/aromatic N) is 1. The van der Waals surface area contributed by atoms with Gasteiger partial charge in [0, 0.05) is 18.7 Å². The van der Waals surface area contributed by atoms with Crippen LogP contribution in [0.4, 0.5) is 4.39 Å². The molecular formula is C17H23FN2O2S. The predicted octanol–water partition coefficient (Wildman–Crippen LogP) is 2.95. The van der Waals surface area contributed by atoms with E-state index in [0.29, 0.717) is 24.6 Å². The smallest absolute Gasteiger partial charge is 0.243 e. The van der Waals surface area contributed by atoms with Crippen LogP contribution in [0.15, 0.2) is 24.3 Å². The molecule has 2 amide bonds. The number of benzene rings is 1. The predicted molar refractivity (Wildman–Crippen MR) is 90.4 cm³/mol. The zero-order chi connectivity index (χ0) is 17.0. The van der Waals surface area contributed by atoms with Gasteiger partial charge in [-0.05, 0) is 23.6 Å². The van der Waals surface area contributed by atoms with E-state index in [-0.39, 0.29) is 23.0 Å². The number of halogens is 1. The van der Waals surface area contributed by atoms with E-state index in [1.165, 1.54) is 23.9 Å². The molecule has 1 aromatic rings. The largest absolute Gasteiger partial charge is 0.354 e. The molecule has 0 bridgehead atoms. The van der Waals surface area contributed by atoms with E-state index >= 15 is 0 Å². The number of hydrogen-bond donors (Lipinski definition) is 1. The first-order valence-corrected chi connectivity index (χ1v) is 8.94. The molecule has 1 fully saturated rings. The third-order valence-electron chi connectivity index (χ3n) is 3.71. The average Bonchev–Trinajstić information content (AvgIpc) is 2.96. The van der Waals surface area contributed by atoms with Gasteiger partial charge in [-0.3, -0.25) is 9.59 Å². The van der Waals surface area contributed by atoms with Crippen LogP contribution < -0.4 is 5.32 Å². The molecule has 6 heteroatoms. The van der Waals surface area contributed by atoms with Crippen LogP contribution in [0, 0.1) is 11.7 Å². The molecule has 1 saturated heterocycles.